The predicted molar refractivity (Wildman–Crippen MR) is 120 cm³/mol. The Balaban J connectivity index is 2.00. The molecule has 31 heavy (non-hydrogen) atoms. The number of anilines is 1. The first kappa shape index (κ1) is 20.4. The van der Waals surface area contributed by atoms with Crippen molar-refractivity contribution in [1.29, 1.82) is 0 Å². The van der Waals surface area contributed by atoms with E-state index >= 15 is 0 Å². The van der Waals surface area contributed by atoms with Gasteiger partial charge < -0.3 is 10.2 Å². The largest absolute Gasteiger partial charge is 0.508 e. The second-order valence-electron chi connectivity index (χ2n) is 7.87. The van der Waals surface area contributed by atoms with Gasteiger partial charge in [-0.3, -0.25) is 14.5 Å². The van der Waals surface area contributed by atoms with Gasteiger partial charge in [0.1, 0.15) is 11.5 Å². The third-order valence-corrected chi connectivity index (χ3v) is 5.68. The van der Waals surface area contributed by atoms with Crippen molar-refractivity contribution >= 4 is 23.1 Å². The molecule has 3 aromatic carbocycles. The van der Waals surface area contributed by atoms with Crippen LogP contribution in [0.1, 0.15) is 33.9 Å². The van der Waals surface area contributed by atoms with E-state index in [2.05, 4.69) is 0 Å². The maximum absolute atomic E-state index is 13.2. The van der Waals surface area contributed by atoms with Crippen molar-refractivity contribution in [3.8, 4) is 5.75 Å². The van der Waals surface area contributed by atoms with Gasteiger partial charge in [0.2, 0.25) is 0 Å². The highest BCUT2D eigenvalue weighted by atomic mass is 16.3. The van der Waals surface area contributed by atoms with E-state index in [-0.39, 0.29) is 17.1 Å². The highest BCUT2D eigenvalue weighted by Crippen LogP contribution is 2.43. The Kier molecular flexibility index (Phi) is 5.11. The predicted octanol–water partition coefficient (Wildman–Crippen LogP) is 4.94. The van der Waals surface area contributed by atoms with E-state index in [1.165, 1.54) is 17.0 Å². The van der Waals surface area contributed by atoms with Crippen LogP contribution in [0.4, 0.5) is 5.69 Å². The molecule has 5 nitrogen and oxygen atoms in total. The normalized spacial score (nSPS) is 17.9. The molecule has 1 fully saturated rings. The summed E-state index contributed by atoms with van der Waals surface area (Å²) in [5.41, 5.74) is 4.34. The van der Waals surface area contributed by atoms with E-state index < -0.39 is 17.7 Å². The molecule has 1 saturated heterocycles. The number of aromatic hydroxyl groups is 1. The zero-order valence-corrected chi connectivity index (χ0v) is 17.6. The first-order valence-corrected chi connectivity index (χ1v) is 10.0. The molecular formula is C26H23NO4. The number of nitrogens with zero attached hydrogens (tertiary/aromatic N) is 1. The van der Waals surface area contributed by atoms with Crippen LogP contribution in [0.15, 0.2) is 72.3 Å². The summed E-state index contributed by atoms with van der Waals surface area (Å²) in [6.07, 6.45) is 0. The molecule has 3 aromatic rings. The molecule has 1 aliphatic rings. The minimum absolute atomic E-state index is 0.0349. The van der Waals surface area contributed by atoms with Gasteiger partial charge in [-0.15, -0.1) is 0 Å². The number of aliphatic hydroxyl groups excluding tert-OH is 1. The van der Waals surface area contributed by atoms with Crippen LogP contribution in [0.2, 0.25) is 0 Å². The molecular weight excluding hydrogens is 390 g/mol. The number of hydrogen-bond acceptors (Lipinski definition) is 4. The van der Waals surface area contributed by atoms with Crippen molar-refractivity contribution in [2.75, 3.05) is 4.90 Å². The number of benzene rings is 3. The lowest BCUT2D eigenvalue weighted by Gasteiger charge is -2.27. The Hall–Kier alpha value is -3.86. The van der Waals surface area contributed by atoms with Gasteiger partial charge in [0, 0.05) is 11.3 Å². The van der Waals surface area contributed by atoms with Crippen molar-refractivity contribution in [1.82, 2.24) is 0 Å². The van der Waals surface area contributed by atoms with Crippen LogP contribution in [-0.4, -0.2) is 21.9 Å². The number of carbonyl (C=O) groups excluding carboxylic acids is 2. The fourth-order valence-electron chi connectivity index (χ4n) is 4.02. The Morgan fingerprint density at radius 3 is 2.23 bits per heavy atom. The number of carbonyl (C=O) groups is 2. The van der Waals surface area contributed by atoms with Gasteiger partial charge in [-0.25, -0.2) is 0 Å². The summed E-state index contributed by atoms with van der Waals surface area (Å²) in [6.45, 7) is 5.62. The van der Waals surface area contributed by atoms with Gasteiger partial charge in [0.15, 0.2) is 0 Å². The van der Waals surface area contributed by atoms with Crippen molar-refractivity contribution in [2.24, 2.45) is 0 Å². The lowest BCUT2D eigenvalue weighted by molar-refractivity contribution is -0.132. The van der Waals surface area contributed by atoms with E-state index in [1.54, 1.807) is 30.3 Å². The van der Waals surface area contributed by atoms with Crippen molar-refractivity contribution in [3.05, 3.63) is 100 Å². The van der Waals surface area contributed by atoms with E-state index in [9.17, 15) is 19.8 Å². The smallest absolute Gasteiger partial charge is 0.300 e. The summed E-state index contributed by atoms with van der Waals surface area (Å²) in [6, 6.07) is 18.4. The van der Waals surface area contributed by atoms with Crippen LogP contribution in [0.5, 0.6) is 5.75 Å². The molecule has 5 heteroatoms. The van der Waals surface area contributed by atoms with Gasteiger partial charge in [-0.05, 0) is 61.7 Å². The van der Waals surface area contributed by atoms with Crippen LogP contribution in [0.3, 0.4) is 0 Å². The molecule has 0 saturated carbocycles. The lowest BCUT2D eigenvalue weighted by atomic mass is 9.93. The zero-order valence-electron chi connectivity index (χ0n) is 17.6. The second-order valence-corrected chi connectivity index (χ2v) is 7.87. The molecule has 2 N–H and O–H groups in total. The molecule has 1 amide bonds. The average molecular weight is 413 g/mol. The van der Waals surface area contributed by atoms with Gasteiger partial charge in [0.05, 0.1) is 11.6 Å². The number of aliphatic hydroxyl groups is 1. The molecule has 0 bridgehead atoms. The Morgan fingerprint density at radius 2 is 1.55 bits per heavy atom. The summed E-state index contributed by atoms with van der Waals surface area (Å²) in [4.78, 5) is 27.8. The van der Waals surface area contributed by atoms with Crippen LogP contribution in [-0.2, 0) is 9.59 Å². The summed E-state index contributed by atoms with van der Waals surface area (Å²) < 4.78 is 0. The Labute approximate surface area is 180 Å². The van der Waals surface area contributed by atoms with E-state index in [0.29, 0.717) is 16.8 Å². The minimum Gasteiger partial charge on any atom is -0.508 e. The third kappa shape index (κ3) is 3.48. The van der Waals surface area contributed by atoms with Crippen LogP contribution >= 0.6 is 0 Å². The number of ketones is 1. The summed E-state index contributed by atoms with van der Waals surface area (Å²) in [5, 5.41) is 21.0. The molecule has 0 aromatic heterocycles. The first-order valence-electron chi connectivity index (χ1n) is 10.0. The second kappa shape index (κ2) is 7.76. The monoisotopic (exact) mass is 413 g/mol. The molecule has 1 unspecified atom stereocenters. The molecule has 4 rings (SSSR count). The standard InChI is InChI=1S/C26H23NO4/c1-15-8-9-16(2)20(14-15)24(29)22-23(18-10-12-19(28)13-11-18)27(26(31)25(22)30)21-7-5-4-6-17(21)3/h4-14,23,28-29H,1-3H3/b24-22+. The zero-order chi connectivity index (χ0) is 22.3. The quantitative estimate of drug-likeness (QED) is 0.362. The number of rotatable bonds is 3. The molecule has 156 valence electrons. The highest BCUT2D eigenvalue weighted by Gasteiger charge is 2.47. The number of hydrogen-bond donors (Lipinski definition) is 2. The Bertz CT molecular complexity index is 1220. The lowest BCUT2D eigenvalue weighted by Crippen LogP contribution is -2.30. The molecule has 1 heterocycles. The number of phenols is 1. The summed E-state index contributed by atoms with van der Waals surface area (Å²) in [5.74, 6) is -1.56. The van der Waals surface area contributed by atoms with Crippen molar-refractivity contribution in [2.45, 2.75) is 26.8 Å². The maximum Gasteiger partial charge on any atom is 0.300 e. The minimum atomic E-state index is -0.818. The average Bonchev–Trinajstić information content (AvgIpc) is 3.01. The summed E-state index contributed by atoms with van der Waals surface area (Å²) in [7, 11) is 0. The third-order valence-electron chi connectivity index (χ3n) is 5.68. The van der Waals surface area contributed by atoms with Gasteiger partial charge >= 0.3 is 0 Å². The molecule has 0 radical (unpaired) electrons. The van der Waals surface area contributed by atoms with Gasteiger partial charge in [-0.1, -0.05) is 48.0 Å². The number of Topliss-reactive ketones (excluding diaryl/α,β-unsaturated/α-hetero) is 1. The Morgan fingerprint density at radius 1 is 0.871 bits per heavy atom. The first-order chi connectivity index (χ1) is 14.8. The van der Waals surface area contributed by atoms with Crippen molar-refractivity contribution < 1.29 is 19.8 Å². The topological polar surface area (TPSA) is 77.8 Å². The highest BCUT2D eigenvalue weighted by molar-refractivity contribution is 6.51. The van der Waals surface area contributed by atoms with E-state index in [0.717, 1.165) is 16.7 Å². The van der Waals surface area contributed by atoms with E-state index in [4.69, 9.17) is 0 Å². The molecule has 0 spiro atoms. The fourth-order valence-corrected chi connectivity index (χ4v) is 4.02. The summed E-state index contributed by atoms with van der Waals surface area (Å²) >= 11 is 0. The molecule has 1 atom stereocenters. The SMILES string of the molecule is Cc1ccc(C)c(/C(O)=C2\C(=O)C(=O)N(c3ccccc3C)C2c2ccc(O)cc2)c1. The van der Waals surface area contributed by atoms with Crippen molar-refractivity contribution in [3.63, 3.8) is 0 Å². The number of amides is 1. The number of aryl methyl sites for hydroxylation is 3. The maximum atomic E-state index is 13.2. The van der Waals surface area contributed by atoms with Gasteiger partial charge in [-0.2, -0.15) is 0 Å². The van der Waals surface area contributed by atoms with Crippen LogP contribution < -0.4 is 4.90 Å². The number of para-hydroxylation sites is 1. The molecule has 0 aliphatic carbocycles. The fraction of sp³-hybridized carbons (Fsp3) is 0.154. The number of phenolic OH excluding ortho intramolecular Hbond substituents is 1. The van der Waals surface area contributed by atoms with Crippen LogP contribution in [0.25, 0.3) is 5.76 Å². The van der Waals surface area contributed by atoms with Gasteiger partial charge in [0.25, 0.3) is 11.7 Å². The van der Waals surface area contributed by atoms with Crippen LogP contribution in [0, 0.1) is 20.8 Å². The van der Waals surface area contributed by atoms with E-state index in [1.807, 2.05) is 45.0 Å². The molecule has 1 aliphatic heterocycles.